The number of nitrogens with zero attached hydrogens (tertiary/aromatic N) is 1. The average molecular weight is 404 g/mol. The van der Waals surface area contributed by atoms with Crippen LogP contribution in [0.25, 0.3) is 16.7 Å². The fourth-order valence-corrected chi connectivity index (χ4v) is 3.25. The third-order valence-corrected chi connectivity index (χ3v) is 4.54. The number of imidazole rings is 1. The Morgan fingerprint density at radius 2 is 1.86 bits per heavy atom. The number of ether oxygens (including phenoxy) is 1. The van der Waals surface area contributed by atoms with E-state index >= 15 is 0 Å². The van der Waals surface area contributed by atoms with Crippen molar-refractivity contribution >= 4 is 62.4 Å². The van der Waals surface area contributed by atoms with E-state index in [0.29, 0.717) is 14.8 Å². The van der Waals surface area contributed by atoms with Crippen molar-refractivity contribution < 1.29 is 4.74 Å². The summed E-state index contributed by atoms with van der Waals surface area (Å²) in [5.74, 6) is 0.732. The maximum absolute atomic E-state index is 6.12. The van der Waals surface area contributed by atoms with Gasteiger partial charge in [0.1, 0.15) is 5.75 Å². The number of hydrogen-bond acceptors (Lipinski definition) is 2. The van der Waals surface area contributed by atoms with Gasteiger partial charge in [0.2, 0.25) is 0 Å². The molecule has 0 aliphatic rings. The van der Waals surface area contributed by atoms with E-state index in [0.717, 1.165) is 26.9 Å². The van der Waals surface area contributed by atoms with E-state index in [1.807, 2.05) is 22.8 Å². The van der Waals surface area contributed by atoms with Crippen LogP contribution in [0.3, 0.4) is 0 Å². The normalized spacial score (nSPS) is 11.0. The Morgan fingerprint density at radius 3 is 2.57 bits per heavy atom. The number of benzene rings is 2. The lowest BCUT2D eigenvalue weighted by molar-refractivity contribution is 0.414. The summed E-state index contributed by atoms with van der Waals surface area (Å²) in [6, 6.07) is 9.29. The third-order valence-electron chi connectivity index (χ3n) is 3.07. The van der Waals surface area contributed by atoms with Gasteiger partial charge in [-0.1, -0.05) is 39.1 Å². The molecule has 0 aliphatic heterocycles. The van der Waals surface area contributed by atoms with Gasteiger partial charge in [-0.15, -0.1) is 0 Å². The highest BCUT2D eigenvalue weighted by atomic mass is 79.9. The summed E-state index contributed by atoms with van der Waals surface area (Å²) in [5.41, 5.74) is 2.55. The average Bonchev–Trinajstić information content (AvgIpc) is 2.74. The lowest BCUT2D eigenvalue weighted by atomic mass is 10.2. The first-order valence-electron chi connectivity index (χ1n) is 5.94. The standard InChI is InChI=1S/C14H9BrCl2N2OS/c1-20-9-3-7(15)2-8(4-9)19-13-6-11(17)10(16)5-12(13)18-14(19)21/h2-6H,1H3,(H,18,21). The topological polar surface area (TPSA) is 29.9 Å². The number of rotatable bonds is 2. The summed E-state index contributed by atoms with van der Waals surface area (Å²) in [4.78, 5) is 3.13. The molecule has 3 nitrogen and oxygen atoms in total. The summed E-state index contributed by atoms with van der Waals surface area (Å²) in [7, 11) is 1.62. The van der Waals surface area contributed by atoms with Crippen LogP contribution in [-0.4, -0.2) is 16.7 Å². The molecule has 0 unspecified atom stereocenters. The molecule has 7 heteroatoms. The molecular formula is C14H9BrCl2N2OS. The van der Waals surface area contributed by atoms with Crippen molar-refractivity contribution in [1.82, 2.24) is 9.55 Å². The van der Waals surface area contributed by atoms with E-state index in [9.17, 15) is 0 Å². The zero-order valence-corrected chi connectivity index (χ0v) is 14.7. The molecular weight excluding hydrogens is 395 g/mol. The van der Waals surface area contributed by atoms with Gasteiger partial charge in [-0.25, -0.2) is 0 Å². The van der Waals surface area contributed by atoms with Crippen LogP contribution in [0.15, 0.2) is 34.8 Å². The molecule has 0 atom stereocenters. The number of hydrogen-bond donors (Lipinski definition) is 1. The van der Waals surface area contributed by atoms with Gasteiger partial charge in [-0.05, 0) is 36.5 Å². The van der Waals surface area contributed by atoms with Gasteiger partial charge in [-0.2, -0.15) is 0 Å². The van der Waals surface area contributed by atoms with E-state index in [2.05, 4.69) is 20.9 Å². The molecule has 3 aromatic rings. The largest absolute Gasteiger partial charge is 0.497 e. The first kappa shape index (κ1) is 14.9. The molecule has 0 saturated carbocycles. The van der Waals surface area contributed by atoms with Crippen LogP contribution in [0.5, 0.6) is 5.75 Å². The van der Waals surface area contributed by atoms with Crippen molar-refractivity contribution in [3.63, 3.8) is 0 Å². The Balaban J connectivity index is 2.34. The van der Waals surface area contributed by atoms with E-state index in [4.69, 9.17) is 40.2 Å². The van der Waals surface area contributed by atoms with Gasteiger partial charge in [-0.3, -0.25) is 4.57 Å². The van der Waals surface area contributed by atoms with E-state index in [-0.39, 0.29) is 0 Å². The van der Waals surface area contributed by atoms with Crippen molar-refractivity contribution in [2.75, 3.05) is 7.11 Å². The van der Waals surface area contributed by atoms with Crippen LogP contribution in [0.1, 0.15) is 0 Å². The second-order valence-corrected chi connectivity index (χ2v) is 6.52. The fraction of sp³-hybridized carbons (Fsp3) is 0.0714. The molecule has 3 rings (SSSR count). The van der Waals surface area contributed by atoms with Crippen LogP contribution in [0.2, 0.25) is 10.0 Å². The molecule has 21 heavy (non-hydrogen) atoms. The molecule has 0 radical (unpaired) electrons. The molecule has 0 bridgehead atoms. The van der Waals surface area contributed by atoms with Crippen molar-refractivity contribution in [3.8, 4) is 11.4 Å². The molecule has 108 valence electrons. The number of aromatic nitrogens is 2. The van der Waals surface area contributed by atoms with Crippen molar-refractivity contribution in [2.24, 2.45) is 0 Å². The minimum absolute atomic E-state index is 0.480. The number of H-pyrrole nitrogens is 1. The summed E-state index contributed by atoms with van der Waals surface area (Å²) in [6.45, 7) is 0. The first-order chi connectivity index (χ1) is 9.99. The summed E-state index contributed by atoms with van der Waals surface area (Å²) in [5, 5.41) is 0.966. The smallest absolute Gasteiger partial charge is 0.182 e. The van der Waals surface area contributed by atoms with E-state index in [1.165, 1.54) is 0 Å². The predicted octanol–water partition coefficient (Wildman–Crippen LogP) is 5.77. The minimum atomic E-state index is 0.480. The highest BCUT2D eigenvalue weighted by molar-refractivity contribution is 9.10. The lowest BCUT2D eigenvalue weighted by Gasteiger charge is -2.08. The molecule has 1 N–H and O–H groups in total. The van der Waals surface area contributed by atoms with Gasteiger partial charge in [0.25, 0.3) is 0 Å². The third kappa shape index (κ3) is 2.71. The second kappa shape index (κ2) is 5.65. The van der Waals surface area contributed by atoms with Crippen molar-refractivity contribution in [3.05, 3.63) is 49.6 Å². The fourth-order valence-electron chi connectivity index (χ4n) is 2.15. The Kier molecular flexibility index (Phi) is 4.01. The Hall–Kier alpha value is -1.01. The highest BCUT2D eigenvalue weighted by Crippen LogP contribution is 2.31. The highest BCUT2D eigenvalue weighted by Gasteiger charge is 2.11. The maximum Gasteiger partial charge on any atom is 0.182 e. The molecule has 2 aromatic carbocycles. The van der Waals surface area contributed by atoms with E-state index < -0.39 is 0 Å². The van der Waals surface area contributed by atoms with Crippen LogP contribution in [0.4, 0.5) is 0 Å². The molecule has 0 spiro atoms. The van der Waals surface area contributed by atoms with Gasteiger partial charge in [0.05, 0.1) is 33.9 Å². The van der Waals surface area contributed by atoms with Gasteiger partial charge >= 0.3 is 0 Å². The molecule has 0 saturated heterocycles. The zero-order chi connectivity index (χ0) is 15.1. The first-order valence-corrected chi connectivity index (χ1v) is 7.90. The molecule has 0 fully saturated rings. The van der Waals surface area contributed by atoms with Crippen molar-refractivity contribution in [1.29, 1.82) is 0 Å². The van der Waals surface area contributed by atoms with Gasteiger partial charge in [0.15, 0.2) is 4.77 Å². The molecule has 1 heterocycles. The lowest BCUT2D eigenvalue weighted by Crippen LogP contribution is -1.95. The number of nitrogens with one attached hydrogen (secondary N) is 1. The van der Waals surface area contributed by atoms with Crippen LogP contribution in [-0.2, 0) is 0 Å². The molecule has 0 amide bonds. The number of methoxy groups -OCH3 is 1. The second-order valence-electron chi connectivity index (χ2n) is 4.40. The zero-order valence-electron chi connectivity index (χ0n) is 10.8. The monoisotopic (exact) mass is 402 g/mol. The summed E-state index contributed by atoms with van der Waals surface area (Å²) >= 11 is 21.0. The van der Waals surface area contributed by atoms with Crippen molar-refractivity contribution in [2.45, 2.75) is 0 Å². The molecule has 0 aliphatic carbocycles. The maximum atomic E-state index is 6.12. The SMILES string of the molecule is COc1cc(Br)cc(-n2c(=S)[nH]c3cc(Cl)c(Cl)cc32)c1. The predicted molar refractivity (Wildman–Crippen MR) is 92.7 cm³/mol. The van der Waals surface area contributed by atoms with Gasteiger partial charge in [0, 0.05) is 10.5 Å². The van der Waals surface area contributed by atoms with E-state index in [1.54, 1.807) is 19.2 Å². The minimum Gasteiger partial charge on any atom is -0.497 e. The van der Waals surface area contributed by atoms with Crippen LogP contribution in [0, 0.1) is 4.77 Å². The van der Waals surface area contributed by atoms with Gasteiger partial charge < -0.3 is 9.72 Å². The van der Waals surface area contributed by atoms with Crippen LogP contribution >= 0.6 is 51.3 Å². The number of halogens is 3. The number of fused-ring (bicyclic) bond motifs is 1. The number of aromatic amines is 1. The molecule has 1 aromatic heterocycles. The Morgan fingerprint density at radius 1 is 1.14 bits per heavy atom. The summed E-state index contributed by atoms with van der Waals surface area (Å²) < 4.78 is 8.64. The Labute approximate surface area is 144 Å². The van der Waals surface area contributed by atoms with Crippen LogP contribution < -0.4 is 4.74 Å². The Bertz CT molecular complexity index is 904. The summed E-state index contributed by atoms with van der Waals surface area (Å²) in [6.07, 6.45) is 0. The quantitative estimate of drug-likeness (QED) is 0.550.